The fourth-order valence-corrected chi connectivity index (χ4v) is 4.21. The first-order valence-electron chi connectivity index (χ1n) is 10.6. The predicted octanol–water partition coefficient (Wildman–Crippen LogP) is 3.30. The molecule has 4 N–H and O–H groups in total. The number of imidazole rings is 1. The number of halogens is 3. The molecule has 1 saturated carbocycles. The van der Waals surface area contributed by atoms with Crippen LogP contribution >= 0.6 is 0 Å². The summed E-state index contributed by atoms with van der Waals surface area (Å²) in [5, 5.41) is 15.8. The number of alkyl halides is 3. The Kier molecular flexibility index (Phi) is 6.00. The van der Waals surface area contributed by atoms with Gasteiger partial charge in [0.05, 0.1) is 24.0 Å². The van der Waals surface area contributed by atoms with Crippen LogP contribution in [0.2, 0.25) is 0 Å². The van der Waals surface area contributed by atoms with Gasteiger partial charge in [-0.1, -0.05) is 0 Å². The third-order valence-corrected chi connectivity index (χ3v) is 6.22. The second kappa shape index (κ2) is 8.59. The Balaban J connectivity index is 1.43. The molecule has 0 aliphatic heterocycles. The monoisotopic (exact) mass is 449 g/mol. The molecule has 10 heteroatoms. The summed E-state index contributed by atoms with van der Waals surface area (Å²) >= 11 is 0. The molecule has 32 heavy (non-hydrogen) atoms. The van der Waals surface area contributed by atoms with Crippen LogP contribution in [0.25, 0.3) is 16.6 Å². The van der Waals surface area contributed by atoms with Crippen molar-refractivity contribution >= 4 is 16.8 Å². The number of carbonyl (C=O) groups is 1. The number of nitrogens with zero attached hydrogens (tertiary/aromatic N) is 2. The quantitative estimate of drug-likeness (QED) is 0.465. The van der Waals surface area contributed by atoms with Crippen LogP contribution in [0.3, 0.4) is 0 Å². The Morgan fingerprint density at radius 1 is 1.25 bits per heavy atom. The minimum atomic E-state index is -4.55. The summed E-state index contributed by atoms with van der Waals surface area (Å²) in [5.41, 5.74) is -0.295. The number of nitrogens with one attached hydrogen (secondary N) is 3. The number of H-pyrrole nitrogens is 1. The number of hydrogen-bond acceptors (Lipinski definition) is 4. The van der Waals surface area contributed by atoms with Crippen LogP contribution in [0, 0.1) is 0 Å². The van der Waals surface area contributed by atoms with E-state index in [1.807, 2.05) is 16.7 Å². The number of aromatic nitrogens is 3. The van der Waals surface area contributed by atoms with Crippen LogP contribution in [0.1, 0.15) is 43.0 Å². The second-order valence-electron chi connectivity index (χ2n) is 8.56. The topological polar surface area (TPSA) is 95.0 Å². The Labute approximate surface area is 183 Å². The molecule has 1 aliphatic rings. The number of amides is 1. The fraction of sp³-hybridized carbons (Fsp3) is 0.455. The minimum Gasteiger partial charge on any atom is -0.394 e. The minimum absolute atomic E-state index is 0.131. The first-order chi connectivity index (χ1) is 15.2. The zero-order valence-corrected chi connectivity index (χ0v) is 17.6. The fourth-order valence-electron chi connectivity index (χ4n) is 4.21. The van der Waals surface area contributed by atoms with Crippen LogP contribution in [0.4, 0.5) is 13.2 Å². The van der Waals surface area contributed by atoms with Crippen molar-refractivity contribution in [2.75, 3.05) is 6.61 Å². The molecule has 0 saturated heterocycles. The van der Waals surface area contributed by atoms with Gasteiger partial charge in [-0.15, -0.1) is 0 Å². The highest BCUT2D eigenvalue weighted by atomic mass is 19.4. The standard InChI is InChI=1S/C22H26F3N5O2/c1-21(12-31,22(23,24)25)29-16-4-2-15(3-5-16)28-20(32)18-11-17(30-9-8-26-13-30)10-14-6-7-27-19(14)18/h6-11,13,15-16,27,29,31H,2-5,12H2,1H3,(H,28,32)/t15?,16?,21-/m1/s1. The van der Waals surface area contributed by atoms with Gasteiger partial charge >= 0.3 is 6.18 Å². The number of carbonyl (C=O) groups excluding carboxylic acids is 1. The van der Waals surface area contributed by atoms with Gasteiger partial charge in [0.1, 0.15) is 5.54 Å². The molecule has 172 valence electrons. The normalized spacial score (nSPS) is 21.4. The molecule has 7 nitrogen and oxygen atoms in total. The Bertz CT molecular complexity index is 1070. The van der Waals surface area contributed by atoms with Crippen LogP contribution < -0.4 is 10.6 Å². The van der Waals surface area contributed by atoms with Gasteiger partial charge in [-0.25, -0.2) is 4.98 Å². The molecular formula is C22H26F3N5O2. The summed E-state index contributed by atoms with van der Waals surface area (Å²) < 4.78 is 41.5. The van der Waals surface area contributed by atoms with Gasteiger partial charge in [0.2, 0.25) is 0 Å². The van der Waals surface area contributed by atoms with Gasteiger partial charge in [0.15, 0.2) is 0 Å². The largest absolute Gasteiger partial charge is 0.408 e. The summed E-state index contributed by atoms with van der Waals surface area (Å²) in [5.74, 6) is -0.230. The van der Waals surface area contributed by atoms with Gasteiger partial charge in [-0.3, -0.25) is 10.1 Å². The average Bonchev–Trinajstić information content (AvgIpc) is 3.45. The summed E-state index contributed by atoms with van der Waals surface area (Å²) in [4.78, 5) is 20.2. The van der Waals surface area contributed by atoms with E-state index in [-0.39, 0.29) is 18.0 Å². The predicted molar refractivity (Wildman–Crippen MR) is 114 cm³/mol. The highest BCUT2D eigenvalue weighted by Crippen LogP contribution is 2.32. The molecule has 3 aromatic rings. The van der Waals surface area contributed by atoms with Gasteiger partial charge in [0, 0.05) is 41.7 Å². The molecule has 4 rings (SSSR count). The van der Waals surface area contributed by atoms with Gasteiger partial charge < -0.3 is 20.0 Å². The molecule has 1 fully saturated rings. The number of aliphatic hydroxyl groups excluding tert-OH is 1. The molecular weight excluding hydrogens is 423 g/mol. The number of fused-ring (bicyclic) bond motifs is 1. The molecule has 2 aromatic heterocycles. The van der Waals surface area contributed by atoms with Crippen molar-refractivity contribution < 1.29 is 23.1 Å². The third-order valence-electron chi connectivity index (χ3n) is 6.22. The smallest absolute Gasteiger partial charge is 0.394 e. The highest BCUT2D eigenvalue weighted by Gasteiger charge is 2.51. The van der Waals surface area contributed by atoms with Gasteiger partial charge in [-0.05, 0) is 50.8 Å². The van der Waals surface area contributed by atoms with Crippen molar-refractivity contribution in [3.63, 3.8) is 0 Å². The van der Waals surface area contributed by atoms with Crippen molar-refractivity contribution in [2.24, 2.45) is 0 Å². The summed E-state index contributed by atoms with van der Waals surface area (Å²) in [7, 11) is 0. The zero-order chi connectivity index (χ0) is 22.9. The molecule has 2 heterocycles. The lowest BCUT2D eigenvalue weighted by atomic mass is 9.88. The van der Waals surface area contributed by atoms with E-state index in [1.54, 1.807) is 31.0 Å². The molecule has 0 bridgehead atoms. The van der Waals surface area contributed by atoms with E-state index in [9.17, 15) is 23.1 Å². The molecule has 0 unspecified atom stereocenters. The lowest BCUT2D eigenvalue weighted by Gasteiger charge is -2.38. The van der Waals surface area contributed by atoms with Crippen molar-refractivity contribution in [1.82, 2.24) is 25.2 Å². The van der Waals surface area contributed by atoms with Crippen molar-refractivity contribution in [3.05, 3.63) is 48.7 Å². The molecule has 0 spiro atoms. The molecule has 1 atom stereocenters. The van der Waals surface area contributed by atoms with Crippen LogP contribution in [0.15, 0.2) is 43.1 Å². The van der Waals surface area contributed by atoms with Crippen molar-refractivity contribution in [3.8, 4) is 5.69 Å². The average molecular weight is 449 g/mol. The van der Waals surface area contributed by atoms with Crippen LogP contribution in [0.5, 0.6) is 0 Å². The van der Waals surface area contributed by atoms with Crippen molar-refractivity contribution in [2.45, 2.75) is 56.4 Å². The van der Waals surface area contributed by atoms with Gasteiger partial charge in [-0.2, -0.15) is 13.2 Å². The SMILES string of the molecule is C[C@](CO)(NC1CCC(NC(=O)c2cc(-n3ccnc3)cc3cc[nH]c23)CC1)C(F)(F)F. The number of aliphatic hydroxyl groups is 1. The molecule has 1 amide bonds. The maximum atomic E-state index is 13.2. The van der Waals surface area contributed by atoms with Crippen molar-refractivity contribution in [1.29, 1.82) is 0 Å². The van der Waals surface area contributed by atoms with E-state index >= 15 is 0 Å². The number of hydrogen-bond donors (Lipinski definition) is 4. The molecule has 1 aliphatic carbocycles. The maximum Gasteiger partial charge on any atom is 0.408 e. The summed E-state index contributed by atoms with van der Waals surface area (Å²) in [6, 6.07) is 5.14. The summed E-state index contributed by atoms with van der Waals surface area (Å²) in [6.07, 6.45) is 4.40. The van der Waals surface area contributed by atoms with E-state index in [1.165, 1.54) is 0 Å². The first kappa shape index (κ1) is 22.3. The highest BCUT2D eigenvalue weighted by molar-refractivity contribution is 6.06. The molecule has 0 radical (unpaired) electrons. The van der Waals surface area contributed by atoms with E-state index < -0.39 is 18.3 Å². The zero-order valence-electron chi connectivity index (χ0n) is 17.6. The lowest BCUT2D eigenvalue weighted by Crippen LogP contribution is -2.61. The van der Waals surface area contributed by atoms with Crippen LogP contribution in [-0.2, 0) is 0 Å². The third kappa shape index (κ3) is 4.37. The van der Waals surface area contributed by atoms with E-state index in [0.717, 1.165) is 23.5 Å². The Hall–Kier alpha value is -2.85. The number of benzene rings is 1. The number of aromatic amines is 1. The summed E-state index contributed by atoms with van der Waals surface area (Å²) in [6.45, 7) is -0.0533. The van der Waals surface area contributed by atoms with E-state index in [4.69, 9.17) is 0 Å². The van der Waals surface area contributed by atoms with Gasteiger partial charge in [0.25, 0.3) is 5.91 Å². The lowest BCUT2D eigenvalue weighted by molar-refractivity contribution is -0.204. The maximum absolute atomic E-state index is 13.2. The van der Waals surface area contributed by atoms with Crippen LogP contribution in [-0.4, -0.2) is 56.0 Å². The second-order valence-corrected chi connectivity index (χ2v) is 8.56. The Morgan fingerprint density at radius 2 is 1.97 bits per heavy atom. The Morgan fingerprint density at radius 3 is 2.59 bits per heavy atom. The molecule has 1 aromatic carbocycles. The first-order valence-corrected chi connectivity index (χ1v) is 10.6. The number of rotatable bonds is 6. The van der Waals surface area contributed by atoms with E-state index in [2.05, 4.69) is 20.6 Å². The van der Waals surface area contributed by atoms with E-state index in [0.29, 0.717) is 31.2 Å².